The van der Waals surface area contributed by atoms with E-state index in [4.69, 9.17) is 11.6 Å². The van der Waals surface area contributed by atoms with E-state index in [0.717, 1.165) is 25.3 Å². The Bertz CT molecular complexity index is 510. The lowest BCUT2D eigenvalue weighted by molar-refractivity contribution is 0.771. The molecule has 0 amide bonds. The third kappa shape index (κ3) is 2.62. The molecular formula is C11H10BrClN2S. The fourth-order valence-electron chi connectivity index (χ4n) is 1.27. The molecule has 0 aliphatic heterocycles. The highest BCUT2D eigenvalue weighted by molar-refractivity contribution is 9.10. The lowest BCUT2D eigenvalue weighted by atomic mass is 10.2. The van der Waals surface area contributed by atoms with E-state index in [2.05, 4.69) is 39.7 Å². The predicted octanol–water partition coefficient (Wildman–Crippen LogP) is 4.74. The Morgan fingerprint density at radius 3 is 2.62 bits per heavy atom. The first kappa shape index (κ1) is 12.0. The van der Waals surface area contributed by atoms with Crippen molar-refractivity contribution in [3.05, 3.63) is 33.0 Å². The minimum absolute atomic E-state index is 0.312. The summed E-state index contributed by atoms with van der Waals surface area (Å²) in [5.41, 5.74) is 0.919. The van der Waals surface area contributed by atoms with E-state index in [-0.39, 0.29) is 0 Å². The first-order valence-electron chi connectivity index (χ1n) is 4.86. The Kier molecular flexibility index (Phi) is 3.62. The maximum atomic E-state index is 5.92. The highest BCUT2D eigenvalue weighted by Gasteiger charge is 2.09. The van der Waals surface area contributed by atoms with Crippen molar-refractivity contribution in [3.63, 3.8) is 0 Å². The quantitative estimate of drug-likeness (QED) is 0.747. The summed E-state index contributed by atoms with van der Waals surface area (Å²) in [5.74, 6) is 1.15. The van der Waals surface area contributed by atoms with Crippen LogP contribution in [0.2, 0.25) is 4.34 Å². The maximum absolute atomic E-state index is 5.92. The molecular weight excluding hydrogens is 308 g/mol. The summed E-state index contributed by atoms with van der Waals surface area (Å²) in [7, 11) is 0. The molecule has 2 aromatic rings. The van der Waals surface area contributed by atoms with E-state index in [0.29, 0.717) is 5.92 Å². The van der Waals surface area contributed by atoms with Crippen molar-refractivity contribution in [2.45, 2.75) is 19.8 Å². The first-order chi connectivity index (χ1) is 7.56. The molecule has 0 bridgehead atoms. The molecule has 84 valence electrons. The van der Waals surface area contributed by atoms with Crippen LogP contribution in [0.25, 0.3) is 10.6 Å². The van der Waals surface area contributed by atoms with Crippen molar-refractivity contribution < 1.29 is 0 Å². The normalized spacial score (nSPS) is 11.1. The molecule has 0 fully saturated rings. The highest BCUT2D eigenvalue weighted by atomic mass is 79.9. The fourth-order valence-corrected chi connectivity index (χ4v) is 2.67. The lowest BCUT2D eigenvalue weighted by Gasteiger charge is -2.06. The second-order valence-corrected chi connectivity index (χ2v) is 6.22. The number of thiophene rings is 1. The predicted molar refractivity (Wildman–Crippen MR) is 72.1 cm³/mol. The molecule has 16 heavy (non-hydrogen) atoms. The van der Waals surface area contributed by atoms with Crippen LogP contribution in [0.3, 0.4) is 0 Å². The summed E-state index contributed by atoms with van der Waals surface area (Å²) in [6.45, 7) is 4.15. The zero-order valence-corrected chi connectivity index (χ0v) is 12.0. The van der Waals surface area contributed by atoms with Crippen LogP contribution in [0.5, 0.6) is 0 Å². The van der Waals surface area contributed by atoms with Gasteiger partial charge in [-0.2, -0.15) is 0 Å². The molecule has 2 heterocycles. The first-order valence-corrected chi connectivity index (χ1v) is 6.85. The van der Waals surface area contributed by atoms with Gasteiger partial charge in [-0.25, -0.2) is 9.97 Å². The number of nitrogens with zero attached hydrogens (tertiary/aromatic N) is 2. The van der Waals surface area contributed by atoms with E-state index in [1.165, 1.54) is 11.3 Å². The van der Waals surface area contributed by atoms with E-state index >= 15 is 0 Å². The zero-order valence-electron chi connectivity index (χ0n) is 8.87. The van der Waals surface area contributed by atoms with Crippen LogP contribution in [-0.4, -0.2) is 9.97 Å². The van der Waals surface area contributed by atoms with Crippen molar-refractivity contribution in [1.82, 2.24) is 9.97 Å². The van der Waals surface area contributed by atoms with Crippen molar-refractivity contribution in [2.75, 3.05) is 0 Å². The Morgan fingerprint density at radius 2 is 2.06 bits per heavy atom. The smallest absolute Gasteiger partial charge is 0.132 e. The molecule has 2 rings (SSSR count). The SMILES string of the molecule is CC(C)c1nc(Br)cc(-c2ccc(Cl)s2)n1. The fraction of sp³-hybridized carbons (Fsp3) is 0.273. The highest BCUT2D eigenvalue weighted by Crippen LogP contribution is 2.31. The van der Waals surface area contributed by atoms with Crippen LogP contribution in [0, 0.1) is 0 Å². The lowest BCUT2D eigenvalue weighted by Crippen LogP contribution is -1.98. The van der Waals surface area contributed by atoms with Gasteiger partial charge in [-0.05, 0) is 34.1 Å². The zero-order chi connectivity index (χ0) is 11.7. The van der Waals surface area contributed by atoms with Gasteiger partial charge in [-0.15, -0.1) is 11.3 Å². The molecule has 5 heteroatoms. The molecule has 0 unspecified atom stereocenters. The van der Waals surface area contributed by atoms with Crippen LogP contribution in [0.1, 0.15) is 25.6 Å². The van der Waals surface area contributed by atoms with Gasteiger partial charge in [0.25, 0.3) is 0 Å². The van der Waals surface area contributed by atoms with Gasteiger partial charge in [0.15, 0.2) is 0 Å². The molecule has 0 spiro atoms. The van der Waals surface area contributed by atoms with Gasteiger partial charge in [0.1, 0.15) is 10.4 Å². The van der Waals surface area contributed by atoms with Gasteiger partial charge in [0.05, 0.1) is 14.9 Å². The molecule has 0 radical (unpaired) electrons. The van der Waals surface area contributed by atoms with Crippen molar-refractivity contribution in [2.24, 2.45) is 0 Å². The number of aromatic nitrogens is 2. The molecule has 2 aromatic heterocycles. The average molecular weight is 318 g/mol. The van der Waals surface area contributed by atoms with Gasteiger partial charge in [0, 0.05) is 5.92 Å². The van der Waals surface area contributed by atoms with Crippen molar-refractivity contribution in [1.29, 1.82) is 0 Å². The molecule has 0 atom stereocenters. The number of halogens is 2. The molecule has 0 saturated heterocycles. The Morgan fingerprint density at radius 1 is 1.31 bits per heavy atom. The number of rotatable bonds is 2. The monoisotopic (exact) mass is 316 g/mol. The molecule has 0 saturated carbocycles. The van der Waals surface area contributed by atoms with E-state index in [1.54, 1.807) is 0 Å². The summed E-state index contributed by atoms with van der Waals surface area (Å²) < 4.78 is 1.58. The number of hydrogen-bond donors (Lipinski definition) is 0. The van der Waals surface area contributed by atoms with Crippen LogP contribution in [0.4, 0.5) is 0 Å². The molecule has 0 aliphatic carbocycles. The third-order valence-corrected chi connectivity index (χ3v) is 3.71. The molecule has 2 nitrogen and oxygen atoms in total. The Hall–Kier alpha value is -0.450. The summed E-state index contributed by atoms with van der Waals surface area (Å²) >= 11 is 10.8. The van der Waals surface area contributed by atoms with Crippen molar-refractivity contribution >= 4 is 38.9 Å². The summed E-state index contributed by atoms with van der Waals surface area (Å²) in [5, 5.41) is 0. The van der Waals surface area contributed by atoms with E-state index in [1.807, 2.05) is 18.2 Å². The summed E-state index contributed by atoms with van der Waals surface area (Å²) in [6.07, 6.45) is 0. The topological polar surface area (TPSA) is 25.8 Å². The standard InChI is InChI=1S/C11H10BrClN2S/c1-6(2)11-14-7(5-9(12)15-11)8-3-4-10(13)16-8/h3-6H,1-2H3. The van der Waals surface area contributed by atoms with Crippen LogP contribution in [-0.2, 0) is 0 Å². The van der Waals surface area contributed by atoms with Crippen molar-refractivity contribution in [3.8, 4) is 10.6 Å². The largest absolute Gasteiger partial charge is 0.232 e. The molecule has 0 N–H and O–H groups in total. The minimum atomic E-state index is 0.312. The summed E-state index contributed by atoms with van der Waals surface area (Å²) in [6, 6.07) is 5.77. The van der Waals surface area contributed by atoms with Gasteiger partial charge in [-0.1, -0.05) is 25.4 Å². The van der Waals surface area contributed by atoms with Gasteiger partial charge in [-0.3, -0.25) is 0 Å². The Balaban J connectivity index is 2.49. The van der Waals surface area contributed by atoms with Gasteiger partial charge in [0.2, 0.25) is 0 Å². The van der Waals surface area contributed by atoms with Crippen LogP contribution >= 0.6 is 38.9 Å². The Labute approximate surface area is 112 Å². The number of hydrogen-bond acceptors (Lipinski definition) is 3. The van der Waals surface area contributed by atoms with E-state index < -0.39 is 0 Å². The average Bonchev–Trinajstić information content (AvgIpc) is 2.64. The van der Waals surface area contributed by atoms with Crippen LogP contribution < -0.4 is 0 Å². The van der Waals surface area contributed by atoms with Gasteiger partial charge >= 0.3 is 0 Å². The second-order valence-electron chi connectivity index (χ2n) is 3.69. The third-order valence-electron chi connectivity index (χ3n) is 2.05. The van der Waals surface area contributed by atoms with E-state index in [9.17, 15) is 0 Å². The second kappa shape index (κ2) is 4.82. The molecule has 0 aliphatic rings. The van der Waals surface area contributed by atoms with Gasteiger partial charge < -0.3 is 0 Å². The minimum Gasteiger partial charge on any atom is -0.232 e. The summed E-state index contributed by atoms with van der Waals surface area (Å²) in [4.78, 5) is 9.93. The molecule has 0 aromatic carbocycles. The maximum Gasteiger partial charge on any atom is 0.132 e. The van der Waals surface area contributed by atoms with Crippen LogP contribution in [0.15, 0.2) is 22.8 Å².